The third kappa shape index (κ3) is 6.36. The van der Waals surface area contributed by atoms with Crippen LogP contribution in [0.4, 0.5) is 17.1 Å². The normalized spacial score (nSPS) is 22.9. The van der Waals surface area contributed by atoms with Crippen LogP contribution in [0.5, 0.6) is 0 Å². The van der Waals surface area contributed by atoms with Gasteiger partial charge in [-0.15, -0.1) is 11.3 Å². The van der Waals surface area contributed by atoms with Crippen molar-refractivity contribution < 1.29 is 0 Å². The molecule has 4 heteroatoms. The Bertz CT molecular complexity index is 3920. The van der Waals surface area contributed by atoms with Gasteiger partial charge in [0, 0.05) is 53.5 Å². The number of benzene rings is 8. The maximum Gasteiger partial charge on any atom is 0.343 e. The van der Waals surface area contributed by atoms with Gasteiger partial charge in [-0.25, -0.2) is 0 Å². The zero-order valence-corrected chi connectivity index (χ0v) is 44.3. The van der Waals surface area contributed by atoms with E-state index in [1.165, 1.54) is 199 Å². The summed E-state index contributed by atoms with van der Waals surface area (Å²) in [5, 5.41) is 6.96. The maximum absolute atomic E-state index is 2.89. The van der Waals surface area contributed by atoms with Gasteiger partial charge in [-0.2, -0.15) is 0 Å². The average Bonchev–Trinajstić information content (AvgIpc) is 4.03. The van der Waals surface area contributed by atoms with Gasteiger partial charge < -0.3 is 9.38 Å². The van der Waals surface area contributed by atoms with E-state index >= 15 is 0 Å². The van der Waals surface area contributed by atoms with Gasteiger partial charge in [0.2, 0.25) is 0 Å². The molecule has 4 saturated carbocycles. The molecule has 4 heterocycles. The minimum atomic E-state index is -0.0223. The lowest BCUT2D eigenvalue weighted by Gasteiger charge is -2.46. The number of hydrogen-bond acceptors (Lipinski definition) is 2. The molecule has 2 aliphatic heterocycles. The van der Waals surface area contributed by atoms with E-state index in [9.17, 15) is 0 Å². The van der Waals surface area contributed by atoms with Crippen LogP contribution < -0.4 is 15.1 Å². The topological polar surface area (TPSA) is 8.17 Å². The number of aromatic nitrogens is 1. The largest absolute Gasteiger partial charge is 0.375 e. The molecule has 4 aliphatic carbocycles. The first kappa shape index (κ1) is 44.0. The number of fused-ring (bicyclic) bond motifs is 15. The lowest BCUT2D eigenvalue weighted by atomic mass is 9.48. The van der Waals surface area contributed by atoms with E-state index < -0.39 is 0 Å². The Balaban J connectivity index is 1.06. The molecule has 364 valence electrons. The van der Waals surface area contributed by atoms with Crippen molar-refractivity contribution in [3.05, 3.63) is 174 Å². The van der Waals surface area contributed by atoms with Crippen LogP contribution in [0.15, 0.2) is 158 Å². The second-order valence-corrected chi connectivity index (χ2v) is 26.3. The highest BCUT2D eigenvalue weighted by molar-refractivity contribution is 7.32. The molecule has 0 unspecified atom stereocenters. The minimum absolute atomic E-state index is 0.00994. The predicted molar refractivity (Wildman–Crippen MR) is 317 cm³/mol. The Morgan fingerprint density at radius 2 is 1.19 bits per heavy atom. The highest BCUT2D eigenvalue weighted by atomic mass is 32.1. The molecule has 6 aliphatic rings. The average molecular weight is 977 g/mol. The summed E-state index contributed by atoms with van der Waals surface area (Å²) in [6.07, 6.45) is 19.1. The quantitative estimate of drug-likeness (QED) is 0.156. The van der Waals surface area contributed by atoms with Crippen LogP contribution >= 0.6 is 11.3 Å². The molecule has 4 bridgehead atoms. The number of hydrogen-bond donors (Lipinski definition) is 0. The van der Waals surface area contributed by atoms with Crippen LogP contribution in [0.3, 0.4) is 0 Å². The van der Waals surface area contributed by atoms with E-state index in [4.69, 9.17) is 0 Å². The van der Waals surface area contributed by atoms with E-state index in [2.05, 4.69) is 188 Å². The molecule has 0 amide bonds. The van der Waals surface area contributed by atoms with Gasteiger partial charge >= 0.3 is 6.85 Å². The smallest absolute Gasteiger partial charge is 0.343 e. The summed E-state index contributed by atoms with van der Waals surface area (Å²) >= 11 is 2.04. The summed E-state index contributed by atoms with van der Waals surface area (Å²) in [4.78, 5) is 2.76. The zero-order chi connectivity index (χ0) is 49.1. The molecule has 0 saturated heterocycles. The molecule has 2 aromatic heterocycles. The summed E-state index contributed by atoms with van der Waals surface area (Å²) < 4.78 is 5.68. The van der Waals surface area contributed by atoms with E-state index in [1.807, 2.05) is 11.3 Å². The number of rotatable bonds is 5. The fourth-order valence-corrected chi connectivity index (χ4v) is 18.0. The van der Waals surface area contributed by atoms with Gasteiger partial charge in [0.25, 0.3) is 0 Å². The summed E-state index contributed by atoms with van der Waals surface area (Å²) in [6, 6.07) is 62.7. The van der Waals surface area contributed by atoms with Crippen LogP contribution in [0.2, 0.25) is 0 Å². The summed E-state index contributed by atoms with van der Waals surface area (Å²) in [7, 11) is 0. The highest BCUT2D eigenvalue weighted by Gasteiger charge is 2.48. The summed E-state index contributed by atoms with van der Waals surface area (Å²) in [5.41, 5.74) is 21.2. The molecule has 2 nitrogen and oxygen atoms in total. The van der Waals surface area contributed by atoms with Crippen molar-refractivity contribution in [2.45, 2.75) is 127 Å². The molecule has 0 radical (unpaired) electrons. The van der Waals surface area contributed by atoms with Crippen molar-refractivity contribution >= 4 is 88.2 Å². The maximum atomic E-state index is 2.89. The molecule has 10 aromatic rings. The third-order valence-corrected chi connectivity index (χ3v) is 21.3. The molecular formula is C70H65BN2S. The number of anilines is 3. The fraction of sp³-hybridized carbons (Fsp3) is 0.314. The monoisotopic (exact) mass is 976 g/mol. The van der Waals surface area contributed by atoms with Gasteiger partial charge in [0.15, 0.2) is 0 Å². The predicted octanol–water partition coefficient (Wildman–Crippen LogP) is 18.4. The second-order valence-electron chi connectivity index (χ2n) is 25.2. The van der Waals surface area contributed by atoms with E-state index in [0.29, 0.717) is 5.41 Å². The standard InChI is InChI=1S/C70H65BN2S/c1-68(2,3)50-27-29-59(54(38-50)47-22-8-5-9-23-47)72-61-37-49(46-20-6-4-7-21-46)36-56-58-41-52(70-34-14-18-45(43-70)19-15-35-70)40-57-55-39-51(69-32-12-16-44(42-69)17-13-33-69)28-30-60(55)73(65(57)58)71(64(56)61)67-66(72)63-53-25-11-10-24-48(53)26-31-62(63)74-67/h4-11,20-31,36-41,44-45H,12-19,32-35,42-43H2,1-3H3. The van der Waals surface area contributed by atoms with E-state index in [-0.39, 0.29) is 17.7 Å². The van der Waals surface area contributed by atoms with E-state index in [0.717, 1.165) is 11.8 Å². The first-order valence-corrected chi connectivity index (χ1v) is 29.3. The first-order chi connectivity index (χ1) is 36.2. The van der Waals surface area contributed by atoms with Gasteiger partial charge in [-0.3, -0.25) is 0 Å². The lowest BCUT2D eigenvalue weighted by Crippen LogP contribution is -2.55. The molecule has 0 spiro atoms. The van der Waals surface area contributed by atoms with Gasteiger partial charge in [0.05, 0.1) is 11.4 Å². The van der Waals surface area contributed by atoms with E-state index in [1.54, 1.807) is 11.1 Å². The van der Waals surface area contributed by atoms with Crippen molar-refractivity contribution in [1.82, 2.24) is 4.48 Å². The summed E-state index contributed by atoms with van der Waals surface area (Å²) in [6.45, 7) is 7.06. The van der Waals surface area contributed by atoms with Crippen LogP contribution in [-0.2, 0) is 16.2 Å². The van der Waals surface area contributed by atoms with Crippen LogP contribution in [0.1, 0.15) is 127 Å². The van der Waals surface area contributed by atoms with Crippen LogP contribution in [-0.4, -0.2) is 11.3 Å². The zero-order valence-electron chi connectivity index (χ0n) is 43.4. The molecule has 0 atom stereocenters. The summed E-state index contributed by atoms with van der Waals surface area (Å²) in [5.74, 6) is 1.73. The minimum Gasteiger partial charge on any atom is -0.375 e. The van der Waals surface area contributed by atoms with Gasteiger partial charge in [-0.1, -0.05) is 175 Å². The Hall–Kier alpha value is -6.36. The number of nitrogens with zero attached hydrogens (tertiary/aromatic N) is 2. The lowest BCUT2D eigenvalue weighted by molar-refractivity contribution is 0.149. The first-order valence-electron chi connectivity index (χ1n) is 28.5. The fourth-order valence-electron chi connectivity index (χ4n) is 16.7. The van der Waals surface area contributed by atoms with Crippen molar-refractivity contribution in [1.29, 1.82) is 0 Å². The molecule has 8 aromatic carbocycles. The van der Waals surface area contributed by atoms with Crippen molar-refractivity contribution in [2.75, 3.05) is 4.90 Å². The molecule has 16 rings (SSSR count). The highest BCUT2D eigenvalue weighted by Crippen LogP contribution is 2.57. The molecular weight excluding hydrogens is 912 g/mol. The Labute approximate surface area is 441 Å². The molecule has 74 heavy (non-hydrogen) atoms. The second kappa shape index (κ2) is 16.1. The van der Waals surface area contributed by atoms with Crippen molar-refractivity contribution in [3.63, 3.8) is 0 Å². The molecule has 0 N–H and O–H groups in total. The van der Waals surface area contributed by atoms with Crippen molar-refractivity contribution in [3.8, 4) is 33.4 Å². The number of thiophene rings is 1. The Kier molecular flexibility index (Phi) is 9.56. The van der Waals surface area contributed by atoms with Crippen LogP contribution in [0, 0.1) is 11.8 Å². The van der Waals surface area contributed by atoms with Gasteiger partial charge in [0.1, 0.15) is 0 Å². The van der Waals surface area contributed by atoms with Gasteiger partial charge in [-0.05, 0) is 176 Å². The third-order valence-electron chi connectivity index (χ3n) is 20.1. The van der Waals surface area contributed by atoms with Crippen LogP contribution in [0.25, 0.3) is 76.0 Å². The Morgan fingerprint density at radius 3 is 1.91 bits per heavy atom. The molecule has 4 fully saturated rings. The Morgan fingerprint density at radius 1 is 0.527 bits per heavy atom. The van der Waals surface area contributed by atoms with Crippen molar-refractivity contribution in [2.24, 2.45) is 11.8 Å². The SMILES string of the molecule is CC(C)(C)c1ccc(N2c3cc(-c4ccccc4)cc4c3B(c3sc5ccc6ccccc6c5c32)n2c3ccc(C56CCCC(CCC5)C6)cc3c3cc(C56CCCC(CCC5)C6)cc-4c32)c(-c2ccccc2)c1.